The number of nitrogens with one attached hydrogen (secondary N) is 2. The largest absolute Gasteiger partial charge is 0.381 e. The molecule has 1 aliphatic rings. The Kier molecular flexibility index (Phi) is 8.04. The first-order chi connectivity index (χ1) is 9.93. The molecule has 124 valence electrons. The molecule has 0 aromatic heterocycles. The van der Waals surface area contributed by atoms with Gasteiger partial charge in [0.25, 0.3) is 0 Å². The molecule has 0 heterocycles. The van der Waals surface area contributed by atoms with Gasteiger partial charge in [0.1, 0.15) is 0 Å². The Morgan fingerprint density at radius 2 is 2.00 bits per heavy atom. The molecule has 2 N–H and O–H groups in total. The minimum absolute atomic E-state index is 0.217. The minimum atomic E-state index is 0.217. The van der Waals surface area contributed by atoms with E-state index < -0.39 is 0 Å². The second-order valence-electron chi connectivity index (χ2n) is 7.13. The number of ether oxygens (including phenoxy) is 1. The summed E-state index contributed by atoms with van der Waals surface area (Å²) < 4.78 is 5.63. The van der Waals surface area contributed by atoms with Crippen molar-refractivity contribution in [2.24, 2.45) is 16.3 Å². The zero-order valence-corrected chi connectivity index (χ0v) is 14.5. The van der Waals surface area contributed by atoms with E-state index in [9.17, 15) is 0 Å². The van der Waals surface area contributed by atoms with Gasteiger partial charge < -0.3 is 20.3 Å². The van der Waals surface area contributed by atoms with Gasteiger partial charge in [-0.25, -0.2) is 0 Å². The van der Waals surface area contributed by atoms with Crippen molar-refractivity contribution in [3.05, 3.63) is 0 Å². The SMILES string of the molecule is CN=C(NCCCOCC1CC1)NCC(C)(C)CN(C)C. The summed E-state index contributed by atoms with van der Waals surface area (Å²) in [7, 11) is 6.03. The fraction of sp³-hybridized carbons (Fsp3) is 0.938. The van der Waals surface area contributed by atoms with E-state index in [0.29, 0.717) is 0 Å². The first-order valence-corrected chi connectivity index (χ1v) is 8.10. The number of hydrogen-bond acceptors (Lipinski definition) is 3. The van der Waals surface area contributed by atoms with Gasteiger partial charge in [-0.1, -0.05) is 13.8 Å². The van der Waals surface area contributed by atoms with Crippen molar-refractivity contribution in [1.82, 2.24) is 15.5 Å². The molecule has 0 radical (unpaired) electrons. The lowest BCUT2D eigenvalue weighted by Gasteiger charge is -2.29. The van der Waals surface area contributed by atoms with Crippen LogP contribution in [-0.4, -0.2) is 64.9 Å². The first-order valence-electron chi connectivity index (χ1n) is 8.10. The van der Waals surface area contributed by atoms with Gasteiger partial charge >= 0.3 is 0 Å². The van der Waals surface area contributed by atoms with E-state index in [1.807, 2.05) is 7.05 Å². The Bertz CT molecular complexity index is 311. The van der Waals surface area contributed by atoms with Gasteiger partial charge in [-0.05, 0) is 44.7 Å². The van der Waals surface area contributed by atoms with Crippen molar-refractivity contribution >= 4 is 5.96 Å². The summed E-state index contributed by atoms with van der Waals surface area (Å²) in [6.45, 7) is 9.17. The van der Waals surface area contributed by atoms with Crippen LogP contribution in [0.5, 0.6) is 0 Å². The third-order valence-electron chi connectivity index (χ3n) is 3.51. The fourth-order valence-electron chi connectivity index (χ4n) is 2.37. The molecule has 0 amide bonds. The molecule has 0 bridgehead atoms. The molecule has 0 unspecified atom stereocenters. The number of hydrogen-bond donors (Lipinski definition) is 2. The average molecular weight is 298 g/mol. The molecule has 0 atom stereocenters. The van der Waals surface area contributed by atoms with E-state index in [-0.39, 0.29) is 5.41 Å². The van der Waals surface area contributed by atoms with E-state index in [2.05, 4.69) is 48.5 Å². The van der Waals surface area contributed by atoms with Crippen LogP contribution < -0.4 is 10.6 Å². The van der Waals surface area contributed by atoms with Crippen LogP contribution in [0.2, 0.25) is 0 Å². The number of aliphatic imine (C=N–C) groups is 1. The molecule has 1 aliphatic carbocycles. The average Bonchev–Trinajstić information content (AvgIpc) is 3.19. The highest BCUT2D eigenvalue weighted by Gasteiger charge is 2.21. The van der Waals surface area contributed by atoms with Crippen molar-refractivity contribution in [2.75, 3.05) is 54.0 Å². The van der Waals surface area contributed by atoms with Crippen LogP contribution in [0.15, 0.2) is 4.99 Å². The van der Waals surface area contributed by atoms with Crippen LogP contribution in [0.4, 0.5) is 0 Å². The van der Waals surface area contributed by atoms with Gasteiger partial charge in [0.2, 0.25) is 0 Å². The summed E-state index contributed by atoms with van der Waals surface area (Å²) in [5.41, 5.74) is 0.217. The molecule has 0 aromatic rings. The van der Waals surface area contributed by atoms with Crippen LogP contribution in [0.25, 0.3) is 0 Å². The van der Waals surface area contributed by atoms with E-state index >= 15 is 0 Å². The lowest BCUT2D eigenvalue weighted by atomic mass is 9.93. The van der Waals surface area contributed by atoms with Crippen molar-refractivity contribution in [3.63, 3.8) is 0 Å². The van der Waals surface area contributed by atoms with E-state index in [1.54, 1.807) is 0 Å². The van der Waals surface area contributed by atoms with Gasteiger partial charge in [0.05, 0.1) is 0 Å². The molecule has 5 nitrogen and oxygen atoms in total. The Balaban J connectivity index is 2.07. The quantitative estimate of drug-likeness (QED) is 0.365. The predicted molar refractivity (Wildman–Crippen MR) is 89.9 cm³/mol. The Morgan fingerprint density at radius 1 is 1.29 bits per heavy atom. The fourth-order valence-corrected chi connectivity index (χ4v) is 2.37. The Labute approximate surface area is 130 Å². The summed E-state index contributed by atoms with van der Waals surface area (Å²) in [6.07, 6.45) is 3.74. The monoisotopic (exact) mass is 298 g/mol. The highest BCUT2D eigenvalue weighted by atomic mass is 16.5. The first kappa shape index (κ1) is 18.2. The predicted octanol–water partition coefficient (Wildman–Crippen LogP) is 1.56. The van der Waals surface area contributed by atoms with Gasteiger partial charge in [-0.15, -0.1) is 0 Å². The zero-order chi connectivity index (χ0) is 15.7. The lowest BCUT2D eigenvalue weighted by Crippen LogP contribution is -2.45. The second kappa shape index (κ2) is 9.26. The highest BCUT2D eigenvalue weighted by molar-refractivity contribution is 5.79. The topological polar surface area (TPSA) is 48.9 Å². The molecule has 0 spiro atoms. The summed E-state index contributed by atoms with van der Waals surface area (Å²) in [5.74, 6) is 1.73. The Morgan fingerprint density at radius 3 is 2.57 bits per heavy atom. The standard InChI is InChI=1S/C16H34N4O/c1-16(2,13-20(4)5)12-19-15(17-3)18-9-6-10-21-11-14-7-8-14/h14H,6-13H2,1-5H3,(H2,17,18,19). The summed E-state index contributed by atoms with van der Waals surface area (Å²) in [5, 5.41) is 6.75. The lowest BCUT2D eigenvalue weighted by molar-refractivity contribution is 0.123. The zero-order valence-electron chi connectivity index (χ0n) is 14.5. The normalized spacial score (nSPS) is 16.4. The molecule has 21 heavy (non-hydrogen) atoms. The Hall–Kier alpha value is -0.810. The number of guanidine groups is 1. The molecule has 1 fully saturated rings. The molecular formula is C16H34N4O. The molecule has 0 aliphatic heterocycles. The molecule has 1 rings (SSSR count). The maximum absolute atomic E-state index is 5.63. The molecule has 5 heteroatoms. The van der Waals surface area contributed by atoms with Crippen molar-refractivity contribution < 1.29 is 4.74 Å². The number of rotatable bonds is 10. The maximum Gasteiger partial charge on any atom is 0.190 e. The van der Waals surface area contributed by atoms with Crippen molar-refractivity contribution in [1.29, 1.82) is 0 Å². The van der Waals surface area contributed by atoms with Crippen LogP contribution in [0.1, 0.15) is 33.1 Å². The minimum Gasteiger partial charge on any atom is -0.381 e. The third kappa shape index (κ3) is 9.69. The second-order valence-corrected chi connectivity index (χ2v) is 7.13. The van der Waals surface area contributed by atoms with Gasteiger partial charge in [0, 0.05) is 39.9 Å². The van der Waals surface area contributed by atoms with Crippen LogP contribution in [-0.2, 0) is 4.74 Å². The van der Waals surface area contributed by atoms with Gasteiger partial charge in [-0.3, -0.25) is 4.99 Å². The van der Waals surface area contributed by atoms with Gasteiger partial charge in [-0.2, -0.15) is 0 Å². The smallest absolute Gasteiger partial charge is 0.190 e. The van der Waals surface area contributed by atoms with E-state index in [0.717, 1.165) is 51.1 Å². The maximum atomic E-state index is 5.63. The van der Waals surface area contributed by atoms with Crippen molar-refractivity contribution in [2.45, 2.75) is 33.1 Å². The van der Waals surface area contributed by atoms with Crippen molar-refractivity contribution in [3.8, 4) is 0 Å². The summed E-state index contributed by atoms with van der Waals surface area (Å²) in [6, 6.07) is 0. The molecule has 0 aromatic carbocycles. The third-order valence-corrected chi connectivity index (χ3v) is 3.51. The summed E-state index contributed by atoms with van der Waals surface area (Å²) in [4.78, 5) is 6.48. The number of nitrogens with zero attached hydrogens (tertiary/aromatic N) is 2. The van der Waals surface area contributed by atoms with Crippen LogP contribution in [0.3, 0.4) is 0 Å². The summed E-state index contributed by atoms with van der Waals surface area (Å²) >= 11 is 0. The molecule has 0 saturated heterocycles. The molecule has 1 saturated carbocycles. The van der Waals surface area contributed by atoms with E-state index in [4.69, 9.17) is 4.74 Å². The van der Waals surface area contributed by atoms with Crippen LogP contribution >= 0.6 is 0 Å². The van der Waals surface area contributed by atoms with Crippen LogP contribution in [0, 0.1) is 11.3 Å². The highest BCUT2D eigenvalue weighted by Crippen LogP contribution is 2.28. The van der Waals surface area contributed by atoms with E-state index in [1.165, 1.54) is 12.8 Å². The van der Waals surface area contributed by atoms with Gasteiger partial charge in [0.15, 0.2) is 5.96 Å². The molecular weight excluding hydrogens is 264 g/mol.